The maximum absolute atomic E-state index is 12.5. The van der Waals surface area contributed by atoms with Crippen LogP contribution in [0.15, 0.2) is 22.8 Å². The van der Waals surface area contributed by atoms with Gasteiger partial charge in [0.05, 0.1) is 6.10 Å². The third-order valence-electron chi connectivity index (χ3n) is 9.40. The number of hydrogen-bond acceptors (Lipinski definition) is 5. The summed E-state index contributed by atoms with van der Waals surface area (Å²) in [4.78, 5) is 25.0. The van der Waals surface area contributed by atoms with E-state index in [0.29, 0.717) is 12.8 Å². The highest BCUT2D eigenvalue weighted by Crippen LogP contribution is 2.68. The van der Waals surface area contributed by atoms with Crippen LogP contribution in [0.3, 0.4) is 0 Å². The highest BCUT2D eigenvalue weighted by Gasteiger charge is 2.68. The first-order valence-corrected chi connectivity index (χ1v) is 11.1. The second kappa shape index (κ2) is 6.60. The van der Waals surface area contributed by atoms with Crippen molar-refractivity contribution in [2.75, 3.05) is 6.61 Å². The fraction of sp³-hybridized carbons (Fsp3) is 0.750. The normalized spacial score (nSPS) is 46.7. The summed E-state index contributed by atoms with van der Waals surface area (Å²) in [5.74, 6) is -0.166. The molecule has 0 aliphatic heterocycles. The molecule has 0 bridgehead atoms. The molecule has 29 heavy (non-hydrogen) atoms. The number of aliphatic hydroxyl groups is 3. The third kappa shape index (κ3) is 2.44. The van der Waals surface area contributed by atoms with Gasteiger partial charge in [0.2, 0.25) is 0 Å². The van der Waals surface area contributed by atoms with Crippen molar-refractivity contribution in [3.63, 3.8) is 0 Å². The highest BCUT2D eigenvalue weighted by molar-refractivity contribution is 6.06. The van der Waals surface area contributed by atoms with Gasteiger partial charge in [-0.3, -0.25) is 9.59 Å². The van der Waals surface area contributed by atoms with Crippen LogP contribution in [0.2, 0.25) is 0 Å². The SMILES string of the molecule is CCC1=C(C)C(=O)C=C2CC[C@@H]3[C@H]([C@@H](O)C[C@@]4(C)[C@H]3CC[C@]4(O)C(=O)CO)[C@]21C. The van der Waals surface area contributed by atoms with Crippen LogP contribution in [0.25, 0.3) is 0 Å². The van der Waals surface area contributed by atoms with Crippen molar-refractivity contribution in [1.29, 1.82) is 0 Å². The van der Waals surface area contributed by atoms with Gasteiger partial charge in [0.1, 0.15) is 12.2 Å². The summed E-state index contributed by atoms with van der Waals surface area (Å²) in [5, 5.41) is 32.2. The quantitative estimate of drug-likeness (QED) is 0.675. The Labute approximate surface area is 172 Å². The molecule has 4 aliphatic carbocycles. The van der Waals surface area contributed by atoms with Crippen molar-refractivity contribution >= 4 is 11.6 Å². The number of Topliss-reactive ketones (excluding diaryl/α,β-unsaturated/α-hetero) is 1. The lowest BCUT2D eigenvalue weighted by molar-refractivity contribution is -0.179. The standard InChI is InChI=1S/C24H34O5/c1-5-16-13(2)18(26)10-14-6-7-15-17-8-9-24(29,20(28)12-25)22(17,3)11-19(27)21(15)23(14,16)4/h10,15,17,19,21,25,27,29H,5-9,11-12H2,1-4H3/t15-,17-,19-,21+,22-,23+,24-/m0/s1. The summed E-state index contributed by atoms with van der Waals surface area (Å²) in [6, 6.07) is 0. The van der Waals surface area contributed by atoms with Gasteiger partial charge in [0, 0.05) is 16.7 Å². The lowest BCUT2D eigenvalue weighted by atomic mass is 9.44. The Hall–Kier alpha value is -1.30. The topological polar surface area (TPSA) is 94.8 Å². The monoisotopic (exact) mass is 402 g/mol. The molecule has 3 fully saturated rings. The minimum atomic E-state index is -1.57. The molecule has 160 valence electrons. The molecule has 5 heteroatoms. The fourth-order valence-corrected chi connectivity index (χ4v) is 8.01. The van der Waals surface area contributed by atoms with Gasteiger partial charge in [-0.15, -0.1) is 0 Å². The van der Waals surface area contributed by atoms with Gasteiger partial charge < -0.3 is 15.3 Å². The van der Waals surface area contributed by atoms with Crippen molar-refractivity contribution in [2.45, 2.75) is 77.9 Å². The lowest BCUT2D eigenvalue weighted by Gasteiger charge is -2.61. The van der Waals surface area contributed by atoms with Crippen LogP contribution in [0.5, 0.6) is 0 Å². The number of carbonyl (C=O) groups excluding carboxylic acids is 2. The lowest BCUT2D eigenvalue weighted by Crippen LogP contribution is -2.62. The summed E-state index contributed by atoms with van der Waals surface area (Å²) < 4.78 is 0. The van der Waals surface area contributed by atoms with E-state index in [0.717, 1.165) is 42.4 Å². The Kier molecular flexibility index (Phi) is 4.77. The Bertz CT molecular complexity index is 825. The number of carbonyl (C=O) groups is 2. The predicted octanol–water partition coefficient (Wildman–Crippen LogP) is 2.73. The first-order valence-electron chi connectivity index (χ1n) is 11.1. The first-order chi connectivity index (χ1) is 13.6. The number of hydrogen-bond donors (Lipinski definition) is 3. The molecule has 0 aromatic heterocycles. The Morgan fingerprint density at radius 1 is 1.28 bits per heavy atom. The van der Waals surface area contributed by atoms with Gasteiger partial charge in [-0.2, -0.15) is 0 Å². The zero-order valence-electron chi connectivity index (χ0n) is 18.0. The van der Waals surface area contributed by atoms with Crippen molar-refractivity contribution < 1.29 is 24.9 Å². The van der Waals surface area contributed by atoms with Crippen molar-refractivity contribution in [1.82, 2.24) is 0 Å². The molecule has 0 aromatic carbocycles. The van der Waals surface area contributed by atoms with Gasteiger partial charge >= 0.3 is 0 Å². The maximum atomic E-state index is 12.5. The molecular formula is C24H34O5. The van der Waals surface area contributed by atoms with Crippen molar-refractivity contribution in [3.05, 3.63) is 22.8 Å². The number of fused-ring (bicyclic) bond motifs is 5. The van der Waals surface area contributed by atoms with E-state index < -0.39 is 29.5 Å². The summed E-state index contributed by atoms with van der Waals surface area (Å²) in [6.07, 6.45) is 4.98. The largest absolute Gasteiger partial charge is 0.393 e. The number of ketones is 2. The molecule has 4 rings (SSSR count). The van der Waals surface area contributed by atoms with Crippen LogP contribution in [-0.4, -0.2) is 45.2 Å². The Morgan fingerprint density at radius 2 is 1.97 bits per heavy atom. The van der Waals surface area contributed by atoms with E-state index in [1.807, 2.05) is 13.8 Å². The van der Waals surface area contributed by atoms with Gasteiger partial charge in [-0.1, -0.05) is 31.9 Å². The summed E-state index contributed by atoms with van der Waals surface area (Å²) in [5.41, 5.74) is 0.416. The van der Waals surface area contributed by atoms with Crippen molar-refractivity contribution in [3.8, 4) is 0 Å². The van der Waals surface area contributed by atoms with E-state index in [2.05, 4.69) is 13.8 Å². The zero-order chi connectivity index (χ0) is 21.4. The number of allylic oxidation sites excluding steroid dienone is 4. The van der Waals surface area contributed by atoms with Gasteiger partial charge in [-0.05, 0) is 68.9 Å². The second-order valence-electron chi connectivity index (χ2n) is 10.2. The molecule has 0 aromatic rings. The summed E-state index contributed by atoms with van der Waals surface area (Å²) >= 11 is 0. The molecule has 0 radical (unpaired) electrons. The molecule has 0 amide bonds. The van der Waals surface area contributed by atoms with E-state index in [4.69, 9.17) is 0 Å². The zero-order valence-corrected chi connectivity index (χ0v) is 18.0. The Morgan fingerprint density at radius 3 is 2.59 bits per heavy atom. The van der Waals surface area contributed by atoms with Gasteiger partial charge in [0.15, 0.2) is 11.6 Å². The van der Waals surface area contributed by atoms with Crippen LogP contribution in [0.1, 0.15) is 66.2 Å². The smallest absolute Gasteiger partial charge is 0.190 e. The summed E-state index contributed by atoms with van der Waals surface area (Å²) in [6.45, 7) is 7.43. The molecule has 0 spiro atoms. The van der Waals surface area contributed by atoms with Crippen LogP contribution >= 0.6 is 0 Å². The second-order valence-corrected chi connectivity index (χ2v) is 10.2. The van der Waals surface area contributed by atoms with E-state index in [1.54, 1.807) is 6.08 Å². The van der Waals surface area contributed by atoms with Crippen molar-refractivity contribution in [2.24, 2.45) is 28.6 Å². The van der Waals surface area contributed by atoms with Crippen LogP contribution in [0.4, 0.5) is 0 Å². The fourth-order valence-electron chi connectivity index (χ4n) is 8.01. The molecule has 3 saturated carbocycles. The number of aliphatic hydroxyl groups excluding tert-OH is 2. The molecule has 4 aliphatic rings. The van der Waals surface area contributed by atoms with E-state index >= 15 is 0 Å². The Balaban J connectivity index is 1.81. The van der Waals surface area contributed by atoms with Gasteiger partial charge in [-0.25, -0.2) is 0 Å². The minimum Gasteiger partial charge on any atom is -0.393 e. The number of rotatable bonds is 3. The molecule has 0 heterocycles. The molecule has 0 unspecified atom stereocenters. The first kappa shape index (κ1) is 21.0. The average molecular weight is 403 g/mol. The summed E-state index contributed by atoms with van der Waals surface area (Å²) in [7, 11) is 0. The van der Waals surface area contributed by atoms with E-state index in [-0.39, 0.29) is 29.0 Å². The molecule has 0 saturated heterocycles. The average Bonchev–Trinajstić information content (AvgIpc) is 2.94. The van der Waals surface area contributed by atoms with E-state index in [9.17, 15) is 24.9 Å². The molecule has 7 atom stereocenters. The maximum Gasteiger partial charge on any atom is 0.190 e. The molecular weight excluding hydrogens is 368 g/mol. The van der Waals surface area contributed by atoms with Gasteiger partial charge in [0.25, 0.3) is 0 Å². The van der Waals surface area contributed by atoms with E-state index in [1.165, 1.54) is 0 Å². The van der Waals surface area contributed by atoms with Crippen LogP contribution < -0.4 is 0 Å². The van der Waals surface area contributed by atoms with Crippen LogP contribution in [0, 0.1) is 28.6 Å². The third-order valence-corrected chi connectivity index (χ3v) is 9.40. The minimum absolute atomic E-state index is 0.0230. The van der Waals surface area contributed by atoms with Crippen LogP contribution in [-0.2, 0) is 9.59 Å². The molecule has 3 N–H and O–H groups in total. The highest BCUT2D eigenvalue weighted by atomic mass is 16.3. The predicted molar refractivity (Wildman–Crippen MR) is 109 cm³/mol. The molecule has 5 nitrogen and oxygen atoms in total.